The van der Waals surface area contributed by atoms with E-state index in [-0.39, 0.29) is 6.41 Å². The lowest BCUT2D eigenvalue weighted by Crippen LogP contribution is -1.86. The van der Waals surface area contributed by atoms with Crippen LogP contribution in [0.5, 0.6) is 0 Å². The lowest BCUT2D eigenvalue weighted by molar-refractivity contribution is -0.106. The molecule has 0 unspecified atom stereocenters. The number of carbonyl (C=O) groups is 1. The Kier molecular flexibility index (Phi) is 7.64. The fourth-order valence-electron chi connectivity index (χ4n) is 1.72. The van der Waals surface area contributed by atoms with Crippen molar-refractivity contribution in [2.24, 2.45) is 10.7 Å². The molecule has 22 heavy (non-hydrogen) atoms. The van der Waals surface area contributed by atoms with Crippen molar-refractivity contribution in [3.63, 3.8) is 0 Å². The quantitative estimate of drug-likeness (QED) is 0.535. The van der Waals surface area contributed by atoms with Crippen LogP contribution in [0.1, 0.15) is 12.5 Å². The summed E-state index contributed by atoms with van der Waals surface area (Å²) in [7, 11) is 0. The van der Waals surface area contributed by atoms with Gasteiger partial charge in [0.05, 0.1) is 10.7 Å². The van der Waals surface area contributed by atoms with E-state index in [1.165, 1.54) is 0 Å². The van der Waals surface area contributed by atoms with E-state index >= 15 is 0 Å². The molecule has 0 aliphatic carbocycles. The molecule has 1 aromatic carbocycles. The van der Waals surface area contributed by atoms with Crippen molar-refractivity contribution in [2.45, 2.75) is 6.92 Å². The van der Waals surface area contributed by atoms with Gasteiger partial charge in [0.1, 0.15) is 0 Å². The predicted molar refractivity (Wildman–Crippen MR) is 95.6 cm³/mol. The third-order valence-electron chi connectivity index (χ3n) is 2.80. The van der Waals surface area contributed by atoms with Crippen LogP contribution in [0.3, 0.4) is 0 Å². The molecule has 1 aromatic heterocycles. The van der Waals surface area contributed by atoms with Gasteiger partial charge in [0.15, 0.2) is 0 Å². The smallest absolute Gasteiger partial charge is 0.204 e. The van der Waals surface area contributed by atoms with E-state index in [1.807, 2.05) is 37.4 Å². The van der Waals surface area contributed by atoms with Gasteiger partial charge in [0.2, 0.25) is 6.41 Å². The fourth-order valence-corrected chi connectivity index (χ4v) is 1.92. The van der Waals surface area contributed by atoms with Crippen LogP contribution in [0.25, 0.3) is 16.8 Å². The van der Waals surface area contributed by atoms with Crippen molar-refractivity contribution < 1.29 is 4.79 Å². The largest absolute Gasteiger partial charge is 0.372 e. The van der Waals surface area contributed by atoms with Crippen molar-refractivity contribution >= 4 is 28.9 Å². The highest BCUT2D eigenvalue weighted by Crippen LogP contribution is 2.23. The number of pyridine rings is 1. The van der Waals surface area contributed by atoms with Gasteiger partial charge in [-0.1, -0.05) is 24.8 Å². The molecule has 0 saturated carbocycles. The average molecular weight is 313 g/mol. The molecule has 0 aliphatic rings. The molecule has 2 rings (SSSR count). The Balaban J connectivity index is 0.000000745. The van der Waals surface area contributed by atoms with Gasteiger partial charge < -0.3 is 5.73 Å². The molecule has 0 atom stereocenters. The van der Waals surface area contributed by atoms with E-state index in [2.05, 4.69) is 34.4 Å². The first kappa shape index (κ1) is 17.7. The maximum absolute atomic E-state index is 8.58. The molecule has 0 bridgehead atoms. The van der Waals surface area contributed by atoms with E-state index in [4.69, 9.17) is 4.79 Å². The summed E-state index contributed by atoms with van der Waals surface area (Å²) in [5.41, 5.74) is 8.30. The molecule has 114 valence electrons. The zero-order chi connectivity index (χ0) is 16.4. The molecule has 0 saturated heterocycles. The zero-order valence-electron chi connectivity index (χ0n) is 12.7. The maximum atomic E-state index is 8.58. The van der Waals surface area contributed by atoms with Crippen LogP contribution in [0, 0.1) is 0 Å². The van der Waals surface area contributed by atoms with E-state index in [1.54, 1.807) is 24.2 Å². The lowest BCUT2D eigenvalue weighted by Gasteiger charge is -2.06. The number of hydrogen-bond acceptors (Lipinski definition) is 4. The fraction of sp³-hybridized carbons (Fsp3) is 0.118. The first-order valence-corrected chi connectivity index (χ1v) is 7.79. The monoisotopic (exact) mass is 313 g/mol. The lowest BCUT2D eigenvalue weighted by atomic mass is 10.0. The van der Waals surface area contributed by atoms with Crippen molar-refractivity contribution in [1.29, 1.82) is 0 Å². The molecule has 0 aliphatic heterocycles. The molecule has 2 N–H and O–H groups in total. The topological polar surface area (TPSA) is 68.3 Å². The number of rotatable bonds is 3. The Morgan fingerprint density at radius 1 is 1.27 bits per heavy atom. The van der Waals surface area contributed by atoms with Crippen molar-refractivity contribution in [2.75, 3.05) is 6.26 Å². The average Bonchev–Trinajstić information content (AvgIpc) is 2.56. The minimum atomic E-state index is 0.250. The third-order valence-corrected chi connectivity index (χ3v) is 3.48. The molecule has 0 fully saturated rings. The number of carbonyl (C=O) groups excluding carboxylic acids is 1. The van der Waals surface area contributed by atoms with Gasteiger partial charge in [-0.05, 0) is 42.5 Å². The van der Waals surface area contributed by atoms with Crippen LogP contribution < -0.4 is 5.73 Å². The number of primary amides is 1. The number of thioether (sulfide) groups is 1. The summed E-state index contributed by atoms with van der Waals surface area (Å²) < 4.78 is 0. The van der Waals surface area contributed by atoms with E-state index in [0.29, 0.717) is 0 Å². The zero-order valence-corrected chi connectivity index (χ0v) is 13.5. The minimum absolute atomic E-state index is 0.250. The van der Waals surface area contributed by atoms with E-state index in [9.17, 15) is 0 Å². The molecule has 1 heterocycles. The second-order valence-electron chi connectivity index (χ2n) is 4.23. The van der Waals surface area contributed by atoms with Crippen LogP contribution >= 0.6 is 11.8 Å². The van der Waals surface area contributed by atoms with Gasteiger partial charge in [-0.3, -0.25) is 9.78 Å². The molecule has 5 heteroatoms. The van der Waals surface area contributed by atoms with E-state index in [0.717, 1.165) is 27.4 Å². The number of nitrogens with zero attached hydrogens (tertiary/aromatic N) is 2. The third kappa shape index (κ3) is 5.54. The van der Waals surface area contributed by atoms with Gasteiger partial charge >= 0.3 is 0 Å². The van der Waals surface area contributed by atoms with Crippen LogP contribution in [0.15, 0.2) is 60.4 Å². The maximum Gasteiger partial charge on any atom is 0.204 e. The van der Waals surface area contributed by atoms with Crippen LogP contribution in [-0.4, -0.2) is 22.7 Å². The number of hydrogen-bond donors (Lipinski definition) is 1. The highest BCUT2D eigenvalue weighted by molar-refractivity contribution is 8.13. The standard InChI is InChI=1S/C16H16N2S.CH3NO/c1-12(18-13(2)19-3)15-5-4-6-16(11-15)14-7-9-17-10-8-14;2-1-3/h4-11H,1H2,2-3H3;1H,(H2,2,3). The van der Waals surface area contributed by atoms with Gasteiger partial charge in [-0.2, -0.15) is 0 Å². The van der Waals surface area contributed by atoms with Gasteiger partial charge in [-0.25, -0.2) is 4.99 Å². The number of amides is 1. The van der Waals surface area contributed by atoms with Gasteiger partial charge in [0.25, 0.3) is 0 Å². The van der Waals surface area contributed by atoms with Crippen molar-refractivity contribution in [3.05, 3.63) is 60.9 Å². The molecule has 0 radical (unpaired) electrons. The summed E-state index contributed by atoms with van der Waals surface area (Å²) >= 11 is 1.63. The molecule has 1 amide bonds. The molecular weight excluding hydrogens is 294 g/mol. The number of nitrogens with two attached hydrogens (primary N) is 1. The minimum Gasteiger partial charge on any atom is -0.372 e. The SMILES string of the molecule is C=C(N=C(C)SC)c1cccc(-c2ccncc2)c1.NC=O. The summed E-state index contributed by atoms with van der Waals surface area (Å²) in [6.07, 6.45) is 5.86. The highest BCUT2D eigenvalue weighted by Gasteiger charge is 2.02. The number of aromatic nitrogens is 1. The number of aliphatic imine (C=N–C) groups is 1. The Morgan fingerprint density at radius 3 is 2.50 bits per heavy atom. The normalized spacial score (nSPS) is 10.4. The first-order valence-electron chi connectivity index (χ1n) is 6.56. The second-order valence-corrected chi connectivity index (χ2v) is 5.23. The molecule has 2 aromatic rings. The van der Waals surface area contributed by atoms with Crippen LogP contribution in [-0.2, 0) is 4.79 Å². The summed E-state index contributed by atoms with van der Waals surface area (Å²) in [6.45, 7) is 6.02. The summed E-state index contributed by atoms with van der Waals surface area (Å²) in [6, 6.07) is 12.2. The molecular formula is C17H19N3OS. The van der Waals surface area contributed by atoms with Crippen molar-refractivity contribution in [3.8, 4) is 11.1 Å². The van der Waals surface area contributed by atoms with Crippen LogP contribution in [0.2, 0.25) is 0 Å². The molecule has 0 spiro atoms. The highest BCUT2D eigenvalue weighted by atomic mass is 32.2. The van der Waals surface area contributed by atoms with Crippen molar-refractivity contribution in [1.82, 2.24) is 4.98 Å². The Bertz CT molecular complexity index is 654. The van der Waals surface area contributed by atoms with Crippen LogP contribution in [0.4, 0.5) is 0 Å². The second kappa shape index (κ2) is 9.52. The molecule has 4 nitrogen and oxygen atoms in total. The summed E-state index contributed by atoms with van der Waals surface area (Å²) in [5.74, 6) is 0. The Morgan fingerprint density at radius 2 is 1.91 bits per heavy atom. The summed E-state index contributed by atoms with van der Waals surface area (Å²) in [5, 5.41) is 1.01. The first-order chi connectivity index (χ1) is 10.6. The Hall–Kier alpha value is -2.40. The van der Waals surface area contributed by atoms with Gasteiger partial charge in [0, 0.05) is 18.0 Å². The Labute approximate surface area is 135 Å². The van der Waals surface area contributed by atoms with Gasteiger partial charge in [-0.15, -0.1) is 11.8 Å². The predicted octanol–water partition coefficient (Wildman–Crippen LogP) is 3.60. The number of benzene rings is 1. The summed E-state index contributed by atoms with van der Waals surface area (Å²) in [4.78, 5) is 17.1. The van der Waals surface area contributed by atoms with E-state index < -0.39 is 0 Å².